The predicted molar refractivity (Wildman–Crippen MR) is 137 cm³/mol. The summed E-state index contributed by atoms with van der Waals surface area (Å²) in [6, 6.07) is 4.21. The number of carbonyl (C=O) groups excluding carboxylic acids is 1. The number of aromatic hydroxyl groups is 1. The van der Waals surface area contributed by atoms with E-state index in [9.17, 15) is 27.5 Å². The number of aromatic nitrogens is 4. The first-order valence-electron chi connectivity index (χ1n) is 12.5. The molecule has 1 aliphatic rings. The van der Waals surface area contributed by atoms with Gasteiger partial charge in [-0.2, -0.15) is 18.3 Å². The van der Waals surface area contributed by atoms with Crippen molar-refractivity contribution in [2.45, 2.75) is 57.5 Å². The molecule has 2 atom stereocenters. The Bertz CT molecular complexity index is 1410. The number of carbonyl (C=O) groups is 1. The molecule has 1 aliphatic heterocycles. The van der Waals surface area contributed by atoms with Crippen molar-refractivity contribution in [1.82, 2.24) is 29.6 Å². The Morgan fingerprint density at radius 1 is 1.23 bits per heavy atom. The molecule has 0 unspecified atom stereocenters. The van der Waals surface area contributed by atoms with Crippen LogP contribution in [0.1, 0.15) is 48.8 Å². The third-order valence-corrected chi connectivity index (χ3v) is 6.39. The Morgan fingerprint density at radius 2 is 1.97 bits per heavy atom. The molecule has 0 radical (unpaired) electrons. The summed E-state index contributed by atoms with van der Waals surface area (Å²) in [5, 5.41) is 23.9. The van der Waals surface area contributed by atoms with Crippen LogP contribution in [0.15, 0.2) is 24.4 Å². The van der Waals surface area contributed by atoms with Crippen molar-refractivity contribution < 1.29 is 27.5 Å². The third-order valence-electron chi connectivity index (χ3n) is 6.39. The largest absolute Gasteiger partial charge is 0.492 e. The second kappa shape index (κ2) is 10.8. The van der Waals surface area contributed by atoms with Crippen molar-refractivity contribution in [3.05, 3.63) is 41.2 Å². The lowest BCUT2D eigenvalue weighted by atomic mass is 10.0. The molecule has 3 aromatic heterocycles. The zero-order chi connectivity index (χ0) is 28.5. The monoisotopic (exact) mass is 549 g/mol. The van der Waals surface area contributed by atoms with E-state index in [2.05, 4.69) is 32.7 Å². The van der Waals surface area contributed by atoms with Crippen molar-refractivity contribution in [1.29, 1.82) is 0 Å². The normalized spacial score (nSPS) is 18.6. The highest BCUT2D eigenvalue weighted by Crippen LogP contribution is 2.29. The van der Waals surface area contributed by atoms with E-state index in [1.165, 1.54) is 21.5 Å². The maximum Gasteiger partial charge on any atom is 0.393 e. The predicted octanol–water partition coefficient (Wildman–Crippen LogP) is 3.33. The van der Waals surface area contributed by atoms with Gasteiger partial charge in [0, 0.05) is 24.8 Å². The molecule has 210 valence electrons. The van der Waals surface area contributed by atoms with E-state index in [0.717, 1.165) is 0 Å². The van der Waals surface area contributed by atoms with Gasteiger partial charge >= 0.3 is 6.18 Å². The van der Waals surface area contributed by atoms with E-state index < -0.39 is 42.1 Å². The number of halogens is 4. The van der Waals surface area contributed by atoms with Crippen LogP contribution in [0, 0.1) is 11.8 Å². The maximum absolute atomic E-state index is 14.6. The van der Waals surface area contributed by atoms with E-state index in [1.54, 1.807) is 12.1 Å². The number of fused-ring (bicyclic) bond motifs is 1. The highest BCUT2D eigenvalue weighted by atomic mass is 19.4. The molecule has 0 aromatic carbocycles. The Morgan fingerprint density at radius 3 is 2.62 bits per heavy atom. The Kier molecular flexibility index (Phi) is 7.79. The van der Waals surface area contributed by atoms with Gasteiger partial charge in [-0.15, -0.1) is 5.10 Å². The van der Waals surface area contributed by atoms with Crippen LogP contribution in [0.5, 0.6) is 5.88 Å². The number of pyridine rings is 1. The summed E-state index contributed by atoms with van der Waals surface area (Å²) in [5.74, 6) is 4.56. The summed E-state index contributed by atoms with van der Waals surface area (Å²) >= 11 is 0. The molecule has 9 nitrogen and oxygen atoms in total. The van der Waals surface area contributed by atoms with E-state index in [0.29, 0.717) is 18.8 Å². The molecule has 4 heterocycles. The zero-order valence-electron chi connectivity index (χ0n) is 22.1. The minimum absolute atomic E-state index is 0.0481. The van der Waals surface area contributed by atoms with Crippen LogP contribution in [0.2, 0.25) is 0 Å². The lowest BCUT2D eigenvalue weighted by Crippen LogP contribution is -2.46. The Labute approximate surface area is 223 Å². The highest BCUT2D eigenvalue weighted by Gasteiger charge is 2.32. The van der Waals surface area contributed by atoms with Gasteiger partial charge < -0.3 is 20.6 Å². The second-order valence-corrected chi connectivity index (χ2v) is 10.6. The number of likely N-dealkylation sites (tertiary alicyclic amines) is 1. The van der Waals surface area contributed by atoms with Gasteiger partial charge in [0.15, 0.2) is 0 Å². The lowest BCUT2D eigenvalue weighted by Gasteiger charge is -2.33. The van der Waals surface area contributed by atoms with Crippen molar-refractivity contribution in [2.75, 3.05) is 32.0 Å². The first-order chi connectivity index (χ1) is 18.2. The summed E-state index contributed by atoms with van der Waals surface area (Å²) in [6.07, 6.45) is -4.98. The summed E-state index contributed by atoms with van der Waals surface area (Å²) in [7, 11) is 1.83. The van der Waals surface area contributed by atoms with Crippen LogP contribution in [0.25, 0.3) is 5.52 Å². The zero-order valence-corrected chi connectivity index (χ0v) is 22.1. The van der Waals surface area contributed by atoms with Crippen molar-refractivity contribution >= 4 is 17.2 Å². The summed E-state index contributed by atoms with van der Waals surface area (Å²) in [5.41, 5.74) is -0.518. The number of nitrogens with zero attached hydrogens (tertiary/aromatic N) is 5. The first kappa shape index (κ1) is 28.2. The maximum atomic E-state index is 14.6. The summed E-state index contributed by atoms with van der Waals surface area (Å²) < 4.78 is 57.7. The van der Waals surface area contributed by atoms with Gasteiger partial charge in [-0.3, -0.25) is 9.48 Å². The molecule has 1 fully saturated rings. The van der Waals surface area contributed by atoms with Gasteiger partial charge in [0.1, 0.15) is 23.2 Å². The molecule has 0 bridgehead atoms. The lowest BCUT2D eigenvalue weighted by molar-refractivity contribution is -0.127. The van der Waals surface area contributed by atoms with Crippen LogP contribution in [0.3, 0.4) is 0 Å². The summed E-state index contributed by atoms with van der Waals surface area (Å²) in [6.45, 7) is 6.29. The average molecular weight is 550 g/mol. The average Bonchev–Trinajstić information content (AvgIpc) is 3.39. The van der Waals surface area contributed by atoms with Gasteiger partial charge in [0.2, 0.25) is 5.88 Å². The minimum Gasteiger partial charge on any atom is -0.492 e. The molecular weight excluding hydrogens is 518 g/mol. The highest BCUT2D eigenvalue weighted by molar-refractivity contribution is 5.96. The molecule has 4 rings (SSSR count). The standard InChI is InChI=1S/C26H31F4N7O2/c1-25(2,3)36-14-17(24(39)34-36)23(38)31-11-6-7-19-16(13-26(28,29)30)21-8-5-9-22(37(21)33-19)32-20-10-12-35(4)15-18(20)27/h5,8-9,14,18,20,32H,10-13,15H2,1-4H3,(H,31,38)(H,34,39)/t18-,20+/m0/s1. The SMILES string of the molecule is CN1CC[C@@H](Nc2cccc3c(CC(F)(F)F)c(C#CCNC(=O)c4cn(C(C)(C)C)nc4O)nn23)[C@@H](F)C1. The second-order valence-electron chi connectivity index (χ2n) is 10.6. The quantitative estimate of drug-likeness (QED) is 0.334. The number of anilines is 1. The minimum atomic E-state index is -4.51. The number of hydrogen-bond donors (Lipinski definition) is 3. The topological polar surface area (TPSA) is 99.7 Å². The molecular formula is C26H31F4N7O2. The number of nitrogens with one attached hydrogen (secondary N) is 2. The molecule has 13 heteroatoms. The van der Waals surface area contributed by atoms with Crippen LogP contribution >= 0.6 is 0 Å². The molecule has 3 N–H and O–H groups in total. The summed E-state index contributed by atoms with van der Waals surface area (Å²) in [4.78, 5) is 14.4. The van der Waals surface area contributed by atoms with Gasteiger partial charge in [-0.05, 0) is 52.3 Å². The fourth-order valence-electron chi connectivity index (χ4n) is 4.33. The van der Waals surface area contributed by atoms with Crippen molar-refractivity contribution in [3.8, 4) is 17.7 Å². The van der Waals surface area contributed by atoms with E-state index >= 15 is 0 Å². The molecule has 0 aliphatic carbocycles. The number of hydrogen-bond acceptors (Lipinski definition) is 6. The van der Waals surface area contributed by atoms with Crippen molar-refractivity contribution in [3.63, 3.8) is 0 Å². The van der Waals surface area contributed by atoms with E-state index in [1.807, 2.05) is 32.7 Å². The molecule has 3 aromatic rings. The van der Waals surface area contributed by atoms with Gasteiger partial charge in [-0.25, -0.2) is 8.91 Å². The number of piperidine rings is 1. The Balaban J connectivity index is 1.57. The van der Waals surface area contributed by atoms with E-state index in [-0.39, 0.29) is 35.4 Å². The fraction of sp³-hybridized carbons (Fsp3) is 0.500. The molecule has 0 saturated carbocycles. The van der Waals surface area contributed by atoms with Crippen LogP contribution in [0.4, 0.5) is 23.4 Å². The van der Waals surface area contributed by atoms with Gasteiger partial charge in [0.25, 0.3) is 5.91 Å². The smallest absolute Gasteiger partial charge is 0.393 e. The van der Waals surface area contributed by atoms with Crippen LogP contribution in [-0.2, 0) is 12.0 Å². The number of alkyl halides is 4. The van der Waals surface area contributed by atoms with E-state index in [4.69, 9.17) is 0 Å². The van der Waals surface area contributed by atoms with Crippen LogP contribution in [-0.4, -0.2) is 80.4 Å². The van der Waals surface area contributed by atoms with Gasteiger partial charge in [0.05, 0.1) is 30.1 Å². The van der Waals surface area contributed by atoms with Gasteiger partial charge in [-0.1, -0.05) is 12.0 Å². The molecule has 1 saturated heterocycles. The number of amides is 1. The number of rotatable bonds is 5. The van der Waals surface area contributed by atoms with Crippen molar-refractivity contribution in [2.24, 2.45) is 0 Å². The Hall–Kier alpha value is -3.79. The van der Waals surface area contributed by atoms with Crippen LogP contribution < -0.4 is 10.6 Å². The molecule has 0 spiro atoms. The molecule has 39 heavy (non-hydrogen) atoms. The third kappa shape index (κ3) is 6.62. The fourth-order valence-corrected chi connectivity index (χ4v) is 4.33. The first-order valence-corrected chi connectivity index (χ1v) is 12.5. The molecule has 1 amide bonds.